The van der Waals surface area contributed by atoms with Crippen molar-refractivity contribution in [2.45, 2.75) is 12.8 Å². The van der Waals surface area contributed by atoms with Crippen LogP contribution in [0.3, 0.4) is 0 Å². The standard InChI is InChI=1S/C8H11ClN2O2S/c9-8-6-7(3-5-10-8)2-1-4-11-14(12)13/h3,5-6,14H,1-2,4H2,(H,11,12,13). The molecule has 4 nitrogen and oxygen atoms in total. The van der Waals surface area contributed by atoms with E-state index in [4.69, 9.17) is 11.6 Å². The maximum Gasteiger partial charge on any atom is 0.201 e. The van der Waals surface area contributed by atoms with E-state index in [1.807, 2.05) is 6.07 Å². The monoisotopic (exact) mass is 234 g/mol. The fourth-order valence-corrected chi connectivity index (χ4v) is 1.60. The quantitative estimate of drug-likeness (QED) is 0.450. The minimum absolute atomic E-state index is 0.457. The number of aryl methyl sites for hydroxylation is 1. The highest BCUT2D eigenvalue weighted by atomic mass is 35.5. The summed E-state index contributed by atoms with van der Waals surface area (Å²) in [6, 6.07) is 3.64. The summed E-state index contributed by atoms with van der Waals surface area (Å²) in [6.07, 6.45) is 3.18. The molecule has 0 radical (unpaired) electrons. The van der Waals surface area contributed by atoms with Gasteiger partial charge >= 0.3 is 0 Å². The molecule has 0 spiro atoms. The van der Waals surface area contributed by atoms with Crippen molar-refractivity contribution in [3.8, 4) is 0 Å². The van der Waals surface area contributed by atoms with Gasteiger partial charge in [-0.1, -0.05) is 11.6 Å². The third kappa shape index (κ3) is 4.55. The number of aromatic nitrogens is 1. The Kier molecular flexibility index (Phi) is 4.86. The van der Waals surface area contributed by atoms with Crippen LogP contribution in [-0.2, 0) is 17.3 Å². The van der Waals surface area contributed by atoms with Crippen LogP contribution >= 0.6 is 11.6 Å². The summed E-state index contributed by atoms with van der Waals surface area (Å²) >= 11 is 5.68. The zero-order valence-electron chi connectivity index (χ0n) is 7.44. The molecule has 0 aromatic carbocycles. The summed E-state index contributed by atoms with van der Waals surface area (Å²) in [5.74, 6) is 0. The minimum Gasteiger partial charge on any atom is -0.245 e. The van der Waals surface area contributed by atoms with E-state index in [-0.39, 0.29) is 0 Å². The summed E-state index contributed by atoms with van der Waals surface area (Å²) in [7, 11) is -2.48. The van der Waals surface area contributed by atoms with E-state index in [1.165, 1.54) is 0 Å². The van der Waals surface area contributed by atoms with Crippen molar-refractivity contribution in [2.75, 3.05) is 6.54 Å². The SMILES string of the molecule is O=[SH](=O)NCCCc1ccnc(Cl)c1. The van der Waals surface area contributed by atoms with Gasteiger partial charge in [-0.15, -0.1) is 0 Å². The summed E-state index contributed by atoms with van der Waals surface area (Å²) in [6.45, 7) is 0.457. The lowest BCUT2D eigenvalue weighted by molar-refractivity contribution is 0.599. The Bertz CT molecular complexity index is 360. The predicted molar refractivity (Wildman–Crippen MR) is 55.9 cm³/mol. The summed E-state index contributed by atoms with van der Waals surface area (Å²) in [4.78, 5) is 3.85. The van der Waals surface area contributed by atoms with Crippen LogP contribution in [0.1, 0.15) is 12.0 Å². The van der Waals surface area contributed by atoms with Gasteiger partial charge in [0.25, 0.3) is 0 Å². The number of nitrogens with one attached hydrogen (secondary N) is 1. The van der Waals surface area contributed by atoms with Gasteiger partial charge in [0, 0.05) is 12.7 Å². The van der Waals surface area contributed by atoms with Gasteiger partial charge in [0.2, 0.25) is 10.9 Å². The molecule has 0 aliphatic rings. The number of nitrogens with zero attached hydrogens (tertiary/aromatic N) is 1. The van der Waals surface area contributed by atoms with Crippen LogP contribution < -0.4 is 4.72 Å². The molecule has 0 unspecified atom stereocenters. The molecule has 0 fully saturated rings. The van der Waals surface area contributed by atoms with E-state index in [0.717, 1.165) is 18.4 Å². The maximum absolute atomic E-state index is 10.2. The second-order valence-corrected chi connectivity index (χ2v) is 3.97. The van der Waals surface area contributed by atoms with Crippen LogP contribution in [0.2, 0.25) is 5.15 Å². The molecule has 0 aliphatic carbocycles. The summed E-state index contributed by atoms with van der Waals surface area (Å²) in [5, 5.41) is 0.463. The molecule has 0 amide bonds. The number of hydrogen-bond donors (Lipinski definition) is 2. The van der Waals surface area contributed by atoms with E-state index in [0.29, 0.717) is 11.7 Å². The van der Waals surface area contributed by atoms with Crippen LogP contribution in [0.5, 0.6) is 0 Å². The van der Waals surface area contributed by atoms with Crippen LogP contribution in [0.25, 0.3) is 0 Å². The van der Waals surface area contributed by atoms with Gasteiger partial charge in [0.15, 0.2) is 0 Å². The first-order chi connectivity index (χ1) is 6.68. The maximum atomic E-state index is 10.2. The zero-order chi connectivity index (χ0) is 10.4. The Morgan fingerprint density at radius 1 is 1.50 bits per heavy atom. The third-order valence-corrected chi connectivity index (χ3v) is 2.36. The highest BCUT2D eigenvalue weighted by Crippen LogP contribution is 2.08. The molecule has 1 aromatic heterocycles. The molecule has 1 N–H and O–H groups in total. The molecule has 0 aliphatic heterocycles. The molecule has 1 heterocycles. The average Bonchev–Trinajstić information content (AvgIpc) is 2.12. The molecule has 1 aromatic rings. The Morgan fingerprint density at radius 2 is 2.29 bits per heavy atom. The molecule has 1 rings (SSSR count). The van der Waals surface area contributed by atoms with E-state index < -0.39 is 10.9 Å². The molecule has 6 heteroatoms. The van der Waals surface area contributed by atoms with Crippen molar-refractivity contribution in [1.29, 1.82) is 0 Å². The van der Waals surface area contributed by atoms with Crippen molar-refractivity contribution < 1.29 is 8.42 Å². The number of halogens is 1. The first-order valence-electron chi connectivity index (χ1n) is 4.17. The summed E-state index contributed by atoms with van der Waals surface area (Å²) in [5.41, 5.74) is 1.06. The molecule has 0 saturated heterocycles. The van der Waals surface area contributed by atoms with Crippen molar-refractivity contribution in [3.05, 3.63) is 29.0 Å². The van der Waals surface area contributed by atoms with E-state index in [9.17, 15) is 8.42 Å². The van der Waals surface area contributed by atoms with Crippen molar-refractivity contribution in [2.24, 2.45) is 0 Å². The third-order valence-electron chi connectivity index (χ3n) is 1.67. The molecule has 0 atom stereocenters. The molecular weight excluding hydrogens is 224 g/mol. The van der Waals surface area contributed by atoms with Gasteiger partial charge < -0.3 is 0 Å². The van der Waals surface area contributed by atoms with Gasteiger partial charge in [-0.3, -0.25) is 0 Å². The lowest BCUT2D eigenvalue weighted by Gasteiger charge is -2.00. The first kappa shape index (κ1) is 11.4. The topological polar surface area (TPSA) is 59.1 Å². The lowest BCUT2D eigenvalue weighted by Crippen LogP contribution is -2.13. The zero-order valence-corrected chi connectivity index (χ0v) is 9.09. The van der Waals surface area contributed by atoms with Crippen LogP contribution in [0.4, 0.5) is 0 Å². The van der Waals surface area contributed by atoms with E-state index in [2.05, 4.69) is 9.71 Å². The van der Waals surface area contributed by atoms with Crippen molar-refractivity contribution in [1.82, 2.24) is 9.71 Å². The van der Waals surface area contributed by atoms with E-state index >= 15 is 0 Å². The van der Waals surface area contributed by atoms with Crippen LogP contribution in [0.15, 0.2) is 18.3 Å². The van der Waals surface area contributed by atoms with Gasteiger partial charge in [-0.2, -0.15) is 0 Å². The second kappa shape index (κ2) is 5.95. The minimum atomic E-state index is -2.48. The predicted octanol–water partition coefficient (Wildman–Crippen LogP) is 0.784. The molecule has 0 bridgehead atoms. The average molecular weight is 235 g/mol. The number of thiol groups is 1. The second-order valence-electron chi connectivity index (χ2n) is 2.76. The fourth-order valence-electron chi connectivity index (χ4n) is 1.06. The van der Waals surface area contributed by atoms with Crippen molar-refractivity contribution in [3.63, 3.8) is 0 Å². The van der Waals surface area contributed by atoms with Crippen LogP contribution in [-0.4, -0.2) is 19.9 Å². The molecule has 14 heavy (non-hydrogen) atoms. The fraction of sp³-hybridized carbons (Fsp3) is 0.375. The van der Waals surface area contributed by atoms with Gasteiger partial charge in [-0.05, 0) is 30.5 Å². The Hall–Kier alpha value is -0.650. The smallest absolute Gasteiger partial charge is 0.201 e. The first-order valence-corrected chi connectivity index (χ1v) is 5.72. The number of hydrogen-bond acceptors (Lipinski definition) is 3. The highest BCUT2D eigenvalue weighted by Gasteiger charge is 1.95. The van der Waals surface area contributed by atoms with Gasteiger partial charge in [-0.25, -0.2) is 18.1 Å². The summed E-state index contributed by atoms with van der Waals surface area (Å²) < 4.78 is 22.7. The highest BCUT2D eigenvalue weighted by molar-refractivity contribution is 7.70. The van der Waals surface area contributed by atoms with Crippen LogP contribution in [0, 0.1) is 0 Å². The molecule has 78 valence electrons. The van der Waals surface area contributed by atoms with Crippen molar-refractivity contribution >= 4 is 22.5 Å². The lowest BCUT2D eigenvalue weighted by atomic mass is 10.1. The largest absolute Gasteiger partial charge is 0.245 e. The van der Waals surface area contributed by atoms with Gasteiger partial charge in [0.1, 0.15) is 5.15 Å². The van der Waals surface area contributed by atoms with E-state index in [1.54, 1.807) is 12.3 Å². The molecule has 0 saturated carbocycles. The molecular formula is C8H11ClN2O2S. The Morgan fingerprint density at radius 3 is 2.93 bits per heavy atom. The number of rotatable bonds is 5. The normalized spacial score (nSPS) is 10.7. The van der Waals surface area contributed by atoms with Gasteiger partial charge in [0.05, 0.1) is 0 Å². The number of pyridine rings is 1. The Balaban J connectivity index is 2.31. The Labute approximate surface area is 89.4 Å².